The van der Waals surface area contributed by atoms with Crippen molar-refractivity contribution >= 4 is 0 Å². The number of nitrogens with two attached hydrogens (primary N) is 1. The Bertz CT molecular complexity index is 540. The molecule has 0 fully saturated rings. The smallest absolute Gasteiger partial charge is 0.161 e. The quantitative estimate of drug-likeness (QED) is 0.871. The molecule has 0 aliphatic rings. The van der Waals surface area contributed by atoms with Crippen molar-refractivity contribution in [3.05, 3.63) is 59.7 Å². The van der Waals surface area contributed by atoms with Gasteiger partial charge in [0.25, 0.3) is 0 Å². The first-order valence-corrected chi connectivity index (χ1v) is 6.84. The average molecular weight is 271 g/mol. The number of hydrogen-bond acceptors (Lipinski definition) is 3. The molecule has 0 bridgehead atoms. The van der Waals surface area contributed by atoms with Gasteiger partial charge in [0.2, 0.25) is 0 Å². The Morgan fingerprint density at radius 3 is 2.45 bits per heavy atom. The molecule has 0 radical (unpaired) electrons. The van der Waals surface area contributed by atoms with E-state index in [2.05, 4.69) is 6.92 Å². The standard InChI is InChI=1S/C17H21NO2/c1-3-15(18)14-9-10-16(19-2)17(11-14)20-12-13-7-5-4-6-8-13/h4-11,15H,3,12,18H2,1-2H3/t15-/m1/s1. The fraction of sp³-hybridized carbons (Fsp3) is 0.294. The zero-order chi connectivity index (χ0) is 14.4. The molecule has 106 valence electrons. The number of rotatable bonds is 6. The Kier molecular flexibility index (Phi) is 5.02. The Morgan fingerprint density at radius 1 is 1.05 bits per heavy atom. The molecule has 0 aromatic heterocycles. The Hall–Kier alpha value is -2.00. The zero-order valence-corrected chi connectivity index (χ0v) is 12.0. The number of benzene rings is 2. The van der Waals surface area contributed by atoms with Crippen molar-refractivity contribution in [2.75, 3.05) is 7.11 Å². The topological polar surface area (TPSA) is 44.5 Å². The minimum atomic E-state index is 0.0278. The van der Waals surface area contributed by atoms with Crippen LogP contribution in [0.2, 0.25) is 0 Å². The summed E-state index contributed by atoms with van der Waals surface area (Å²) in [5, 5.41) is 0. The minimum absolute atomic E-state index is 0.0278. The van der Waals surface area contributed by atoms with Crippen molar-refractivity contribution in [1.29, 1.82) is 0 Å². The van der Waals surface area contributed by atoms with Crippen molar-refractivity contribution in [3.8, 4) is 11.5 Å². The predicted octanol–water partition coefficient (Wildman–Crippen LogP) is 3.68. The second-order valence-electron chi connectivity index (χ2n) is 4.70. The fourth-order valence-corrected chi connectivity index (χ4v) is 2.01. The lowest BCUT2D eigenvalue weighted by atomic mass is 10.1. The molecule has 0 saturated carbocycles. The lowest BCUT2D eigenvalue weighted by Crippen LogP contribution is -2.09. The molecule has 0 saturated heterocycles. The van der Waals surface area contributed by atoms with Crippen LogP contribution in [0.4, 0.5) is 0 Å². The minimum Gasteiger partial charge on any atom is -0.493 e. The van der Waals surface area contributed by atoms with E-state index >= 15 is 0 Å². The van der Waals surface area contributed by atoms with Crippen molar-refractivity contribution in [1.82, 2.24) is 0 Å². The molecule has 2 aromatic rings. The Labute approximate surface area is 120 Å². The molecular weight excluding hydrogens is 250 g/mol. The molecule has 20 heavy (non-hydrogen) atoms. The summed E-state index contributed by atoms with van der Waals surface area (Å²) in [5.41, 5.74) is 8.26. The normalized spacial score (nSPS) is 11.9. The van der Waals surface area contributed by atoms with Gasteiger partial charge >= 0.3 is 0 Å². The van der Waals surface area contributed by atoms with Crippen LogP contribution < -0.4 is 15.2 Å². The van der Waals surface area contributed by atoms with Crippen LogP contribution in [0.5, 0.6) is 11.5 Å². The molecule has 1 atom stereocenters. The third-order valence-corrected chi connectivity index (χ3v) is 3.29. The van der Waals surface area contributed by atoms with E-state index in [-0.39, 0.29) is 6.04 Å². The van der Waals surface area contributed by atoms with Crippen molar-refractivity contribution < 1.29 is 9.47 Å². The molecule has 0 amide bonds. The summed E-state index contributed by atoms with van der Waals surface area (Å²) >= 11 is 0. The molecule has 2 rings (SSSR count). The van der Waals surface area contributed by atoms with Gasteiger partial charge in [0.15, 0.2) is 11.5 Å². The van der Waals surface area contributed by atoms with E-state index in [4.69, 9.17) is 15.2 Å². The third-order valence-electron chi connectivity index (χ3n) is 3.29. The summed E-state index contributed by atoms with van der Waals surface area (Å²) in [6.45, 7) is 2.58. The zero-order valence-electron chi connectivity index (χ0n) is 12.0. The molecule has 0 unspecified atom stereocenters. The molecule has 0 heterocycles. The maximum absolute atomic E-state index is 6.07. The van der Waals surface area contributed by atoms with E-state index in [0.29, 0.717) is 6.61 Å². The molecule has 3 nitrogen and oxygen atoms in total. The van der Waals surface area contributed by atoms with Crippen LogP contribution in [0.25, 0.3) is 0 Å². The summed E-state index contributed by atoms with van der Waals surface area (Å²) in [6.07, 6.45) is 0.893. The molecular formula is C17H21NO2. The Morgan fingerprint density at radius 2 is 1.80 bits per heavy atom. The molecule has 0 aliphatic carbocycles. The summed E-state index contributed by atoms with van der Waals surface area (Å²) in [7, 11) is 1.64. The van der Waals surface area contributed by atoms with Gasteiger partial charge in [0.1, 0.15) is 6.61 Å². The van der Waals surface area contributed by atoms with E-state index in [0.717, 1.165) is 29.0 Å². The second-order valence-corrected chi connectivity index (χ2v) is 4.70. The van der Waals surface area contributed by atoms with E-state index in [1.165, 1.54) is 0 Å². The van der Waals surface area contributed by atoms with Gasteiger partial charge in [-0.15, -0.1) is 0 Å². The summed E-state index contributed by atoms with van der Waals surface area (Å²) in [5.74, 6) is 1.46. The molecule has 3 heteroatoms. The summed E-state index contributed by atoms with van der Waals surface area (Å²) in [6, 6.07) is 16.0. The fourth-order valence-electron chi connectivity index (χ4n) is 2.01. The largest absolute Gasteiger partial charge is 0.493 e. The highest BCUT2D eigenvalue weighted by molar-refractivity contribution is 5.44. The number of methoxy groups -OCH3 is 1. The van der Waals surface area contributed by atoms with Crippen molar-refractivity contribution in [2.24, 2.45) is 5.73 Å². The van der Waals surface area contributed by atoms with Crippen LogP contribution in [0.1, 0.15) is 30.5 Å². The van der Waals surface area contributed by atoms with Gasteiger partial charge in [0, 0.05) is 6.04 Å². The second kappa shape index (κ2) is 6.96. The van der Waals surface area contributed by atoms with Crippen LogP contribution in [0.15, 0.2) is 48.5 Å². The van der Waals surface area contributed by atoms with E-state index < -0.39 is 0 Å². The molecule has 2 N–H and O–H groups in total. The Balaban J connectivity index is 2.16. The maximum Gasteiger partial charge on any atom is 0.161 e. The number of hydrogen-bond donors (Lipinski definition) is 1. The third kappa shape index (κ3) is 3.52. The average Bonchev–Trinajstić information content (AvgIpc) is 2.52. The van der Waals surface area contributed by atoms with Crippen molar-refractivity contribution in [3.63, 3.8) is 0 Å². The van der Waals surface area contributed by atoms with Crippen LogP contribution >= 0.6 is 0 Å². The SMILES string of the molecule is CC[C@@H](N)c1ccc(OC)c(OCc2ccccc2)c1. The highest BCUT2D eigenvalue weighted by Gasteiger charge is 2.10. The molecule has 0 spiro atoms. The van der Waals surface area contributed by atoms with E-state index in [1.54, 1.807) is 7.11 Å². The lowest BCUT2D eigenvalue weighted by molar-refractivity contribution is 0.284. The van der Waals surface area contributed by atoms with Gasteiger partial charge in [-0.3, -0.25) is 0 Å². The van der Waals surface area contributed by atoms with Crippen LogP contribution in [-0.2, 0) is 6.61 Å². The van der Waals surface area contributed by atoms with Gasteiger partial charge in [0.05, 0.1) is 7.11 Å². The lowest BCUT2D eigenvalue weighted by Gasteiger charge is -2.15. The molecule has 0 aliphatic heterocycles. The van der Waals surface area contributed by atoms with Gasteiger partial charge in [-0.1, -0.05) is 43.3 Å². The first-order valence-electron chi connectivity index (χ1n) is 6.84. The highest BCUT2D eigenvalue weighted by atomic mass is 16.5. The van der Waals surface area contributed by atoms with Gasteiger partial charge in [-0.25, -0.2) is 0 Å². The van der Waals surface area contributed by atoms with Crippen LogP contribution in [0, 0.1) is 0 Å². The van der Waals surface area contributed by atoms with Gasteiger partial charge in [-0.05, 0) is 29.7 Å². The highest BCUT2D eigenvalue weighted by Crippen LogP contribution is 2.31. The van der Waals surface area contributed by atoms with Crippen molar-refractivity contribution in [2.45, 2.75) is 26.0 Å². The maximum atomic E-state index is 6.07. The first-order chi connectivity index (χ1) is 9.74. The van der Waals surface area contributed by atoms with E-state index in [9.17, 15) is 0 Å². The monoisotopic (exact) mass is 271 g/mol. The predicted molar refractivity (Wildman–Crippen MR) is 81.0 cm³/mol. The summed E-state index contributed by atoms with van der Waals surface area (Å²) in [4.78, 5) is 0. The van der Waals surface area contributed by atoms with Gasteiger partial charge in [-0.2, -0.15) is 0 Å². The molecule has 2 aromatic carbocycles. The van der Waals surface area contributed by atoms with E-state index in [1.807, 2.05) is 48.5 Å². The first kappa shape index (κ1) is 14.4. The number of ether oxygens (including phenoxy) is 2. The summed E-state index contributed by atoms with van der Waals surface area (Å²) < 4.78 is 11.2. The van der Waals surface area contributed by atoms with Crippen LogP contribution in [0.3, 0.4) is 0 Å². The van der Waals surface area contributed by atoms with Gasteiger partial charge < -0.3 is 15.2 Å². The van der Waals surface area contributed by atoms with Crippen LogP contribution in [-0.4, -0.2) is 7.11 Å².